The molecule has 0 fully saturated rings. The van der Waals surface area contributed by atoms with Gasteiger partial charge in [0.05, 0.1) is 0 Å². The van der Waals surface area contributed by atoms with Crippen molar-refractivity contribution in [2.45, 2.75) is 85.1 Å². The van der Waals surface area contributed by atoms with E-state index in [0.29, 0.717) is 0 Å². The Morgan fingerprint density at radius 3 is 0.935 bits per heavy atom. The Labute approximate surface area is 230 Å². The minimum absolute atomic E-state index is 0.702. The molecule has 4 nitrogen and oxygen atoms in total. The molecule has 0 aliphatic rings. The highest BCUT2D eigenvalue weighted by molar-refractivity contribution is 5.66. The lowest BCUT2D eigenvalue weighted by Crippen LogP contribution is -2.77. The third-order valence-electron chi connectivity index (χ3n) is 4.57. The van der Waals surface area contributed by atoms with E-state index in [-0.39, 0.29) is 0 Å². The topological polar surface area (TPSA) is 44.8 Å². The molecule has 0 bridgehead atoms. The maximum Gasteiger partial charge on any atom is 0.468 e. The van der Waals surface area contributed by atoms with Gasteiger partial charge in [-0.25, -0.2) is 4.74 Å². The summed E-state index contributed by atoms with van der Waals surface area (Å²) in [6, 6.07) is 0. The van der Waals surface area contributed by atoms with Crippen LogP contribution in [0.2, 0.25) is 0 Å². The number of rotatable bonds is 13. The molecule has 0 aliphatic heterocycles. The molecule has 0 aliphatic carbocycles. The maximum atomic E-state index is 14.7. The maximum absolute atomic E-state index is 14.7. The van der Waals surface area contributed by atoms with E-state index in [4.69, 9.17) is 0 Å². The lowest BCUT2D eigenvalue weighted by atomic mass is 9.90. The Bertz CT molecular complexity index is 1120. The molecule has 0 heterocycles. The lowest BCUT2D eigenvalue weighted by Gasteiger charge is -2.45. The number of hydrogen-bond donors (Lipinski definition) is 0. The molecule has 0 rings (SSSR count). The third kappa shape index (κ3) is 6.23. The van der Waals surface area contributed by atoms with Crippen LogP contribution in [0.3, 0.4) is 0 Å². The molecule has 0 aromatic heterocycles. The molecule has 46 heavy (non-hydrogen) atoms. The molecule has 0 saturated carbocycles. The van der Waals surface area contributed by atoms with Crippen molar-refractivity contribution in [1.82, 2.24) is 0 Å². The van der Waals surface area contributed by atoms with E-state index < -0.39 is 91.1 Å². The van der Waals surface area contributed by atoms with E-state index in [1.54, 1.807) is 0 Å². The number of carbonyl (C=O) groups excluding carboxylic acids is 1. The number of hydrogen-bond acceptors (Lipinski definition) is 4. The van der Waals surface area contributed by atoms with Gasteiger partial charge in [-0.2, -0.15) is 119 Å². The van der Waals surface area contributed by atoms with E-state index in [1.807, 2.05) is 4.74 Å². The summed E-state index contributed by atoms with van der Waals surface area (Å²) < 4.78 is 360. The summed E-state index contributed by atoms with van der Waals surface area (Å²) in [4.78, 5) is 10.5. The van der Waals surface area contributed by atoms with Gasteiger partial charge in [0.2, 0.25) is 0 Å². The zero-order valence-corrected chi connectivity index (χ0v) is 19.8. The van der Waals surface area contributed by atoms with Gasteiger partial charge in [-0.3, -0.25) is 9.53 Å². The second kappa shape index (κ2) is 11.0. The van der Waals surface area contributed by atoms with Crippen molar-refractivity contribution in [2.24, 2.45) is 0 Å². The molecule has 0 aromatic rings. The van der Waals surface area contributed by atoms with Crippen LogP contribution < -0.4 is 0 Å². The Kier molecular flexibility index (Phi) is 10.4. The SMILES string of the molecule is CC(=O)OC(F)(F)C(F)(OC(F)(F)C(F)(F)OC(F)(F)C(F)(F)C(F)(F)F)C(F)(F)C(F)(F)C(F)(F)C(F)(F)C(F)(F)C(F)(F)F. The molecule has 0 spiro atoms. The first kappa shape index (κ1) is 43.5. The van der Waals surface area contributed by atoms with Crippen molar-refractivity contribution in [3.63, 3.8) is 0 Å². The predicted molar refractivity (Wildman–Crippen MR) is 79.4 cm³/mol. The van der Waals surface area contributed by atoms with Gasteiger partial charge in [-0.1, -0.05) is 0 Å². The van der Waals surface area contributed by atoms with Gasteiger partial charge < -0.3 is 4.74 Å². The highest BCUT2D eigenvalue weighted by Gasteiger charge is 2.97. The van der Waals surface area contributed by atoms with E-state index in [0.717, 1.165) is 9.47 Å². The monoisotopic (exact) mass is 760 g/mol. The Balaban J connectivity index is 7.63. The first-order chi connectivity index (χ1) is 19.3. The van der Waals surface area contributed by atoms with Crippen molar-refractivity contribution < 1.29 is 138 Å². The van der Waals surface area contributed by atoms with Gasteiger partial charge in [0.25, 0.3) is 0 Å². The molecule has 0 radical (unpaired) electrons. The van der Waals surface area contributed by atoms with E-state index in [1.165, 1.54) is 0 Å². The molecule has 0 aromatic carbocycles. The summed E-state index contributed by atoms with van der Waals surface area (Å²) >= 11 is 0. The van der Waals surface area contributed by atoms with Crippen molar-refractivity contribution >= 4 is 5.97 Å². The molecule has 31 heteroatoms. The zero-order valence-electron chi connectivity index (χ0n) is 19.8. The second-order valence-corrected chi connectivity index (χ2v) is 7.90. The highest BCUT2D eigenvalue weighted by atomic mass is 19.4. The molecular weight excluding hydrogens is 757 g/mol. The van der Waals surface area contributed by atoms with Crippen molar-refractivity contribution in [1.29, 1.82) is 0 Å². The van der Waals surface area contributed by atoms with Gasteiger partial charge in [-0.15, -0.1) is 0 Å². The van der Waals surface area contributed by atoms with E-state index >= 15 is 0 Å². The van der Waals surface area contributed by atoms with Crippen molar-refractivity contribution in [3.05, 3.63) is 0 Å². The lowest BCUT2D eigenvalue weighted by molar-refractivity contribution is -0.567. The van der Waals surface area contributed by atoms with Gasteiger partial charge in [0, 0.05) is 6.92 Å². The predicted octanol–water partition coefficient (Wildman–Crippen LogP) is 8.56. The van der Waals surface area contributed by atoms with Crippen molar-refractivity contribution in [2.75, 3.05) is 0 Å². The van der Waals surface area contributed by atoms with Crippen LogP contribution in [0.1, 0.15) is 6.92 Å². The third-order valence-corrected chi connectivity index (χ3v) is 4.57. The Hall–Kier alpha value is -2.50. The first-order valence-corrected chi connectivity index (χ1v) is 9.53. The average Bonchev–Trinajstić information content (AvgIpc) is 2.74. The quantitative estimate of drug-likeness (QED) is 0.140. The molecule has 0 N–H and O–H groups in total. The van der Waals surface area contributed by atoms with Crippen LogP contribution in [0, 0.1) is 0 Å². The van der Waals surface area contributed by atoms with Crippen LogP contribution in [0.25, 0.3) is 0 Å². The number of ether oxygens (including phenoxy) is 3. The Morgan fingerprint density at radius 1 is 0.348 bits per heavy atom. The van der Waals surface area contributed by atoms with Gasteiger partial charge in [0.15, 0.2) is 0 Å². The minimum atomic E-state index is -9.57. The van der Waals surface area contributed by atoms with Crippen LogP contribution in [-0.4, -0.2) is 84.1 Å². The van der Waals surface area contributed by atoms with Crippen LogP contribution in [0.4, 0.5) is 119 Å². The fourth-order valence-corrected chi connectivity index (χ4v) is 2.21. The number of halogens is 27. The summed E-state index contributed by atoms with van der Waals surface area (Å²) in [6.45, 7) is -0.702. The van der Waals surface area contributed by atoms with Gasteiger partial charge in [-0.05, 0) is 0 Å². The van der Waals surface area contributed by atoms with Gasteiger partial charge >= 0.3 is 84.1 Å². The van der Waals surface area contributed by atoms with Crippen LogP contribution in [-0.2, 0) is 19.0 Å². The second-order valence-electron chi connectivity index (χ2n) is 7.90. The zero-order chi connectivity index (χ0) is 38.2. The molecule has 0 saturated heterocycles. The average molecular weight is 760 g/mol. The van der Waals surface area contributed by atoms with E-state index in [2.05, 4.69) is 0 Å². The highest BCUT2D eigenvalue weighted by Crippen LogP contribution is 2.65. The first-order valence-electron chi connectivity index (χ1n) is 9.53. The summed E-state index contributed by atoms with van der Waals surface area (Å²) in [6.07, 6.45) is -49.8. The van der Waals surface area contributed by atoms with Crippen LogP contribution in [0.5, 0.6) is 0 Å². The van der Waals surface area contributed by atoms with E-state index in [9.17, 15) is 123 Å². The molecular formula is C15H3F27O4. The van der Waals surface area contributed by atoms with Crippen molar-refractivity contribution in [3.8, 4) is 0 Å². The number of carbonyl (C=O) groups is 1. The number of esters is 1. The molecule has 0 amide bonds. The van der Waals surface area contributed by atoms with Gasteiger partial charge in [0.1, 0.15) is 0 Å². The van der Waals surface area contributed by atoms with Crippen LogP contribution in [0.15, 0.2) is 0 Å². The smallest absolute Gasteiger partial charge is 0.396 e. The fourth-order valence-electron chi connectivity index (χ4n) is 2.21. The summed E-state index contributed by atoms with van der Waals surface area (Å²) in [5.41, 5.74) is 0. The summed E-state index contributed by atoms with van der Waals surface area (Å²) in [7, 11) is 0. The van der Waals surface area contributed by atoms with Crippen LogP contribution >= 0.6 is 0 Å². The summed E-state index contributed by atoms with van der Waals surface area (Å²) in [5.74, 6) is -67.0. The minimum Gasteiger partial charge on any atom is -0.396 e. The largest absolute Gasteiger partial charge is 0.468 e. The molecule has 276 valence electrons. The summed E-state index contributed by atoms with van der Waals surface area (Å²) in [5, 5.41) is 0. The number of alkyl halides is 27. The fraction of sp³-hybridized carbons (Fsp3) is 0.933. The molecule has 1 unspecified atom stereocenters. The standard InChI is InChI=1S/C15H3F27O4/c1-2(43)44-13(37,38)9(28,45-14(39,40)15(41,42)46-12(35,36)8(26,27)11(32,33)34)6(22,23)4(18,19)3(16,17)5(20,21)7(24,25)10(29,30)31/h1H3. The Morgan fingerprint density at radius 2 is 0.630 bits per heavy atom. The molecule has 1 atom stereocenters. The normalized spacial score (nSPS) is 17.6.